The summed E-state index contributed by atoms with van der Waals surface area (Å²) in [4.78, 5) is 0. The molecule has 1 aromatic rings. The van der Waals surface area contributed by atoms with Crippen LogP contribution >= 0.6 is 23.2 Å². The molecule has 0 aliphatic rings. The molecule has 0 amide bonds. The molecule has 0 saturated carbocycles. The zero-order valence-electron chi connectivity index (χ0n) is 10.1. The molecule has 0 fully saturated rings. The zero-order chi connectivity index (χ0) is 13.1. The summed E-state index contributed by atoms with van der Waals surface area (Å²) in [6.45, 7) is 3.71. The molecule has 0 aromatic heterocycles. The van der Waals surface area contributed by atoms with Gasteiger partial charge in [0.25, 0.3) is 0 Å². The first-order valence-electron chi connectivity index (χ1n) is 5.77. The molecule has 0 bridgehead atoms. The summed E-state index contributed by atoms with van der Waals surface area (Å²) >= 11 is 11.8. The van der Waals surface area contributed by atoms with E-state index in [9.17, 15) is 10.2 Å². The van der Waals surface area contributed by atoms with Crippen LogP contribution in [-0.2, 0) is 6.42 Å². The second kappa shape index (κ2) is 6.05. The molecule has 0 radical (unpaired) electrons. The fourth-order valence-electron chi connectivity index (χ4n) is 1.81. The summed E-state index contributed by atoms with van der Waals surface area (Å²) in [6, 6.07) is 5.15. The van der Waals surface area contributed by atoms with E-state index in [1.807, 2.05) is 13.8 Å². The van der Waals surface area contributed by atoms with Crippen LogP contribution in [0.1, 0.15) is 32.3 Å². The van der Waals surface area contributed by atoms with Crippen molar-refractivity contribution >= 4 is 23.2 Å². The Hall–Kier alpha value is -0.280. The third-order valence-electron chi connectivity index (χ3n) is 3.27. The maximum Gasteiger partial charge on any atom is 0.0903 e. The van der Waals surface area contributed by atoms with E-state index in [4.69, 9.17) is 23.2 Å². The van der Waals surface area contributed by atoms with E-state index < -0.39 is 11.7 Å². The van der Waals surface area contributed by atoms with Crippen molar-refractivity contribution in [3.05, 3.63) is 33.8 Å². The smallest absolute Gasteiger partial charge is 0.0903 e. The zero-order valence-corrected chi connectivity index (χ0v) is 11.6. The fraction of sp³-hybridized carbons (Fsp3) is 0.538. The van der Waals surface area contributed by atoms with E-state index in [1.54, 1.807) is 18.2 Å². The van der Waals surface area contributed by atoms with Crippen LogP contribution in [0.4, 0.5) is 0 Å². The van der Waals surface area contributed by atoms with Gasteiger partial charge in [-0.15, -0.1) is 0 Å². The van der Waals surface area contributed by atoms with Gasteiger partial charge in [-0.2, -0.15) is 0 Å². The Labute approximate surface area is 112 Å². The molecule has 0 heterocycles. The van der Waals surface area contributed by atoms with Crippen LogP contribution in [0.25, 0.3) is 0 Å². The van der Waals surface area contributed by atoms with Gasteiger partial charge in [0.2, 0.25) is 0 Å². The summed E-state index contributed by atoms with van der Waals surface area (Å²) in [5.74, 6) is 0. The number of hydrogen-bond donors (Lipinski definition) is 2. The van der Waals surface area contributed by atoms with E-state index in [-0.39, 0.29) is 0 Å². The maximum atomic E-state index is 10.2. The Morgan fingerprint density at radius 1 is 1.24 bits per heavy atom. The van der Waals surface area contributed by atoms with Gasteiger partial charge in [-0.25, -0.2) is 0 Å². The summed E-state index contributed by atoms with van der Waals surface area (Å²) in [7, 11) is 0. The second-order valence-corrected chi connectivity index (χ2v) is 5.11. The molecular formula is C13H18Cl2O2. The predicted molar refractivity (Wildman–Crippen MR) is 71.7 cm³/mol. The topological polar surface area (TPSA) is 40.5 Å². The highest BCUT2D eigenvalue weighted by Gasteiger charge is 2.32. The highest BCUT2D eigenvalue weighted by molar-refractivity contribution is 6.35. The van der Waals surface area contributed by atoms with Gasteiger partial charge in [-0.1, -0.05) is 43.1 Å². The maximum absolute atomic E-state index is 10.2. The van der Waals surface area contributed by atoms with Gasteiger partial charge in [-0.05, 0) is 30.5 Å². The van der Waals surface area contributed by atoms with Crippen molar-refractivity contribution in [2.24, 2.45) is 0 Å². The van der Waals surface area contributed by atoms with Crippen molar-refractivity contribution in [3.8, 4) is 0 Å². The van der Waals surface area contributed by atoms with Crippen LogP contribution in [0, 0.1) is 0 Å². The molecule has 1 atom stereocenters. The minimum atomic E-state index is -1.05. The lowest BCUT2D eigenvalue weighted by Crippen LogP contribution is -2.42. The molecule has 0 saturated heterocycles. The van der Waals surface area contributed by atoms with E-state index in [0.717, 1.165) is 5.56 Å². The molecule has 1 unspecified atom stereocenters. The van der Waals surface area contributed by atoms with Crippen LogP contribution < -0.4 is 0 Å². The lowest BCUT2D eigenvalue weighted by molar-refractivity contribution is -0.0790. The molecule has 96 valence electrons. The molecule has 0 aliphatic carbocycles. The Morgan fingerprint density at radius 3 is 2.29 bits per heavy atom. The fourth-order valence-corrected chi connectivity index (χ4v) is 2.29. The van der Waals surface area contributed by atoms with Gasteiger partial charge < -0.3 is 10.2 Å². The second-order valence-electron chi connectivity index (χ2n) is 4.27. The molecule has 17 heavy (non-hydrogen) atoms. The van der Waals surface area contributed by atoms with E-state index >= 15 is 0 Å². The van der Waals surface area contributed by atoms with E-state index in [1.165, 1.54) is 0 Å². The highest BCUT2D eigenvalue weighted by Crippen LogP contribution is 2.27. The largest absolute Gasteiger partial charge is 0.390 e. The lowest BCUT2D eigenvalue weighted by Gasteiger charge is -2.31. The van der Waals surface area contributed by atoms with Gasteiger partial charge >= 0.3 is 0 Å². The van der Waals surface area contributed by atoms with Crippen LogP contribution in [0.2, 0.25) is 10.0 Å². The Kier molecular flexibility index (Phi) is 5.26. The average Bonchev–Trinajstić information content (AvgIpc) is 2.31. The summed E-state index contributed by atoms with van der Waals surface area (Å²) in [5, 5.41) is 21.3. The molecule has 0 aliphatic heterocycles. The van der Waals surface area contributed by atoms with Crippen LogP contribution in [0.3, 0.4) is 0 Å². The van der Waals surface area contributed by atoms with Crippen LogP contribution in [0.15, 0.2) is 18.2 Å². The predicted octanol–water partition coefficient (Wildman–Crippen LogP) is 3.45. The first kappa shape index (κ1) is 14.8. The molecule has 1 aromatic carbocycles. The summed E-state index contributed by atoms with van der Waals surface area (Å²) < 4.78 is 0. The molecule has 2 nitrogen and oxygen atoms in total. The summed E-state index contributed by atoms with van der Waals surface area (Å²) in [5.41, 5.74) is -0.257. The highest BCUT2D eigenvalue weighted by atomic mass is 35.5. The van der Waals surface area contributed by atoms with Crippen LogP contribution in [0.5, 0.6) is 0 Å². The normalized spacial score (nSPS) is 13.8. The average molecular weight is 277 g/mol. The van der Waals surface area contributed by atoms with E-state index in [0.29, 0.717) is 29.3 Å². The lowest BCUT2D eigenvalue weighted by atomic mass is 9.87. The molecule has 4 heteroatoms. The van der Waals surface area contributed by atoms with Gasteiger partial charge in [0.15, 0.2) is 0 Å². The van der Waals surface area contributed by atoms with E-state index in [2.05, 4.69) is 0 Å². The van der Waals surface area contributed by atoms with Gasteiger partial charge in [0.1, 0.15) is 0 Å². The quantitative estimate of drug-likeness (QED) is 0.865. The SMILES string of the molecule is CCC(O)(CC)C(O)Cc1ccc(Cl)cc1Cl. The molecule has 1 rings (SSSR count). The number of halogens is 2. The van der Waals surface area contributed by atoms with Gasteiger partial charge in [0, 0.05) is 16.5 Å². The molecule has 2 N–H and O–H groups in total. The van der Waals surface area contributed by atoms with Gasteiger partial charge in [0.05, 0.1) is 11.7 Å². The standard InChI is InChI=1S/C13H18Cl2O2/c1-3-13(17,4-2)12(16)7-9-5-6-10(14)8-11(9)15/h5-6,8,12,16-17H,3-4,7H2,1-2H3. The first-order valence-corrected chi connectivity index (χ1v) is 6.53. The number of aliphatic hydroxyl groups excluding tert-OH is 1. The molecule has 0 spiro atoms. The first-order chi connectivity index (χ1) is 7.92. The van der Waals surface area contributed by atoms with Gasteiger partial charge in [-0.3, -0.25) is 0 Å². The number of aliphatic hydroxyl groups is 2. The molecular weight excluding hydrogens is 259 g/mol. The number of rotatable bonds is 5. The van der Waals surface area contributed by atoms with Crippen molar-refractivity contribution in [2.45, 2.75) is 44.8 Å². The van der Waals surface area contributed by atoms with Crippen molar-refractivity contribution in [1.82, 2.24) is 0 Å². The van der Waals surface area contributed by atoms with Crippen molar-refractivity contribution < 1.29 is 10.2 Å². The van der Waals surface area contributed by atoms with Crippen molar-refractivity contribution in [3.63, 3.8) is 0 Å². The minimum Gasteiger partial charge on any atom is -0.390 e. The third kappa shape index (κ3) is 3.59. The van der Waals surface area contributed by atoms with Crippen molar-refractivity contribution in [2.75, 3.05) is 0 Å². The van der Waals surface area contributed by atoms with Crippen molar-refractivity contribution in [1.29, 1.82) is 0 Å². The Morgan fingerprint density at radius 2 is 1.82 bits per heavy atom. The minimum absolute atomic E-state index is 0.328. The van der Waals surface area contributed by atoms with Crippen LogP contribution in [-0.4, -0.2) is 21.9 Å². The monoisotopic (exact) mass is 276 g/mol. The summed E-state index contributed by atoms with van der Waals surface area (Å²) in [6.07, 6.45) is 0.524. The Bertz CT molecular complexity index is 376. The Balaban J connectivity index is 2.84. The number of benzene rings is 1. The third-order valence-corrected chi connectivity index (χ3v) is 3.86. The number of hydrogen-bond acceptors (Lipinski definition) is 2.